The Morgan fingerprint density at radius 1 is 0.750 bits per heavy atom. The van der Waals surface area contributed by atoms with Crippen molar-refractivity contribution < 1.29 is 0 Å². The summed E-state index contributed by atoms with van der Waals surface area (Å²) in [7, 11) is 0. The maximum atomic E-state index is 5.94. The minimum Gasteiger partial charge on any atom is -0.398 e. The van der Waals surface area contributed by atoms with Crippen LogP contribution in [0.3, 0.4) is 0 Å². The number of anilines is 2. The molecule has 2 rings (SSSR count). The van der Waals surface area contributed by atoms with Crippen molar-refractivity contribution in [2.75, 3.05) is 11.5 Å². The van der Waals surface area contributed by atoms with Crippen molar-refractivity contribution >= 4 is 11.4 Å². The topological polar surface area (TPSA) is 52.0 Å². The summed E-state index contributed by atoms with van der Waals surface area (Å²) in [6.45, 7) is 10.9. The summed E-state index contributed by atoms with van der Waals surface area (Å²) in [6, 6.07) is 14.3. The number of hydrogen-bond donors (Lipinski definition) is 2. The molecule has 0 bridgehead atoms. The van der Waals surface area contributed by atoms with E-state index in [2.05, 4.69) is 52.8 Å². The molecule has 0 saturated heterocycles. The van der Waals surface area contributed by atoms with Crippen LogP contribution in [0.4, 0.5) is 11.4 Å². The van der Waals surface area contributed by atoms with Crippen LogP contribution in [-0.4, -0.2) is 0 Å². The van der Waals surface area contributed by atoms with E-state index in [1.54, 1.807) is 0 Å². The van der Waals surface area contributed by atoms with Crippen molar-refractivity contribution in [3.63, 3.8) is 0 Å². The molecule has 0 aliphatic rings. The number of benzene rings is 2. The molecule has 2 nitrogen and oxygen atoms in total. The van der Waals surface area contributed by atoms with Crippen molar-refractivity contribution in [2.45, 2.75) is 65.7 Å². The first-order chi connectivity index (χ1) is 11.3. The Hall–Kier alpha value is -1.96. The van der Waals surface area contributed by atoms with Gasteiger partial charge in [0.1, 0.15) is 0 Å². The van der Waals surface area contributed by atoms with Crippen LogP contribution in [0, 0.1) is 0 Å². The number of nitrogens with two attached hydrogens (primary N) is 2. The molecule has 0 fully saturated rings. The third-order valence-electron chi connectivity index (χ3n) is 4.10. The molecule has 0 spiro atoms. The summed E-state index contributed by atoms with van der Waals surface area (Å²) in [5.74, 6) is 0. The lowest BCUT2D eigenvalue weighted by Gasteiger charge is -2.20. The van der Waals surface area contributed by atoms with Gasteiger partial charge in [-0.1, -0.05) is 77.8 Å². The Morgan fingerprint density at radius 3 is 1.83 bits per heavy atom. The Labute approximate surface area is 148 Å². The van der Waals surface area contributed by atoms with E-state index < -0.39 is 0 Å². The van der Waals surface area contributed by atoms with E-state index in [0.29, 0.717) is 0 Å². The van der Waals surface area contributed by atoms with Crippen molar-refractivity contribution in [3.05, 3.63) is 59.2 Å². The lowest BCUT2D eigenvalue weighted by Crippen LogP contribution is -2.13. The van der Waals surface area contributed by atoms with Gasteiger partial charge in [0.05, 0.1) is 0 Å². The smallest absolute Gasteiger partial charge is 0.0351 e. The first-order valence-corrected chi connectivity index (χ1v) is 9.02. The average molecular weight is 327 g/mol. The molecule has 0 saturated carbocycles. The summed E-state index contributed by atoms with van der Waals surface area (Å²) in [5, 5.41) is 0. The minimum atomic E-state index is 0.158. The average Bonchev–Trinajstić information content (AvgIpc) is 2.51. The molecule has 2 aromatic carbocycles. The number of para-hydroxylation sites is 1. The van der Waals surface area contributed by atoms with Crippen LogP contribution in [-0.2, 0) is 18.3 Å². The second-order valence-electron chi connectivity index (χ2n) is 7.32. The first kappa shape index (κ1) is 20.1. The van der Waals surface area contributed by atoms with Gasteiger partial charge in [0, 0.05) is 11.4 Å². The molecular formula is C22H34N2. The van der Waals surface area contributed by atoms with Crippen LogP contribution in [0.25, 0.3) is 0 Å². The Kier molecular flexibility index (Phi) is 7.84. The van der Waals surface area contributed by atoms with Gasteiger partial charge in [-0.2, -0.15) is 0 Å². The zero-order chi connectivity index (χ0) is 18.2. The SMILES string of the molecule is CC(C)(C)c1ccccc1N.CCCc1cccc(N)c1CCC. The molecule has 132 valence electrons. The van der Waals surface area contributed by atoms with E-state index in [1.165, 1.54) is 29.5 Å². The van der Waals surface area contributed by atoms with E-state index in [1.807, 2.05) is 24.3 Å². The third kappa shape index (κ3) is 5.92. The molecule has 0 radical (unpaired) electrons. The predicted molar refractivity (Wildman–Crippen MR) is 108 cm³/mol. The van der Waals surface area contributed by atoms with Gasteiger partial charge in [-0.15, -0.1) is 0 Å². The zero-order valence-corrected chi connectivity index (χ0v) is 16.0. The molecule has 0 unspecified atom stereocenters. The lowest BCUT2D eigenvalue weighted by molar-refractivity contribution is 0.592. The highest BCUT2D eigenvalue weighted by Crippen LogP contribution is 2.26. The van der Waals surface area contributed by atoms with Crippen LogP contribution in [0.15, 0.2) is 42.5 Å². The Morgan fingerprint density at radius 2 is 1.33 bits per heavy atom. The molecule has 0 heterocycles. The Balaban J connectivity index is 0.000000243. The van der Waals surface area contributed by atoms with Crippen LogP contribution in [0.5, 0.6) is 0 Å². The zero-order valence-electron chi connectivity index (χ0n) is 16.0. The van der Waals surface area contributed by atoms with Crippen molar-refractivity contribution in [1.82, 2.24) is 0 Å². The quantitative estimate of drug-likeness (QED) is 0.704. The Bertz CT molecular complexity index is 624. The molecule has 0 aliphatic carbocycles. The highest BCUT2D eigenvalue weighted by Gasteiger charge is 2.15. The summed E-state index contributed by atoms with van der Waals surface area (Å²) in [5.41, 5.74) is 17.8. The lowest BCUT2D eigenvalue weighted by atomic mass is 9.86. The summed E-state index contributed by atoms with van der Waals surface area (Å²) in [4.78, 5) is 0. The van der Waals surface area contributed by atoms with Crippen molar-refractivity contribution in [1.29, 1.82) is 0 Å². The maximum absolute atomic E-state index is 5.94. The molecule has 2 heteroatoms. The highest BCUT2D eigenvalue weighted by molar-refractivity contribution is 5.51. The largest absolute Gasteiger partial charge is 0.398 e. The van der Waals surface area contributed by atoms with E-state index in [9.17, 15) is 0 Å². The minimum absolute atomic E-state index is 0.158. The van der Waals surface area contributed by atoms with Gasteiger partial charge in [-0.3, -0.25) is 0 Å². The van der Waals surface area contributed by atoms with Gasteiger partial charge in [-0.25, -0.2) is 0 Å². The standard InChI is InChI=1S/C12H19N.C10H15N/c1-3-6-10-8-5-9-12(13)11(10)7-4-2;1-10(2,3)8-6-4-5-7-9(8)11/h5,8-9H,3-4,6-7,13H2,1-2H3;4-7H,11H2,1-3H3. The van der Waals surface area contributed by atoms with E-state index >= 15 is 0 Å². The van der Waals surface area contributed by atoms with Crippen LogP contribution in [0.2, 0.25) is 0 Å². The number of hydrogen-bond acceptors (Lipinski definition) is 2. The molecular weight excluding hydrogens is 292 g/mol. The summed E-state index contributed by atoms with van der Waals surface area (Å²) < 4.78 is 0. The van der Waals surface area contributed by atoms with Gasteiger partial charge in [0.15, 0.2) is 0 Å². The second-order valence-corrected chi connectivity index (χ2v) is 7.32. The van der Waals surface area contributed by atoms with Crippen LogP contribution >= 0.6 is 0 Å². The number of aryl methyl sites for hydroxylation is 1. The van der Waals surface area contributed by atoms with Gasteiger partial charge >= 0.3 is 0 Å². The predicted octanol–water partition coefficient (Wildman–Crippen LogP) is 5.74. The summed E-state index contributed by atoms with van der Waals surface area (Å²) >= 11 is 0. The van der Waals surface area contributed by atoms with Crippen LogP contribution in [0.1, 0.15) is 64.2 Å². The van der Waals surface area contributed by atoms with Crippen molar-refractivity contribution in [2.24, 2.45) is 0 Å². The van der Waals surface area contributed by atoms with Gasteiger partial charge in [0.2, 0.25) is 0 Å². The van der Waals surface area contributed by atoms with Gasteiger partial charge in [0.25, 0.3) is 0 Å². The van der Waals surface area contributed by atoms with E-state index in [4.69, 9.17) is 11.5 Å². The van der Waals surface area contributed by atoms with Gasteiger partial charge in [-0.05, 0) is 47.1 Å². The molecule has 0 aliphatic heterocycles. The molecule has 24 heavy (non-hydrogen) atoms. The van der Waals surface area contributed by atoms with Crippen molar-refractivity contribution in [3.8, 4) is 0 Å². The molecule has 2 aromatic rings. The summed E-state index contributed by atoms with van der Waals surface area (Å²) in [6.07, 6.45) is 4.63. The monoisotopic (exact) mass is 326 g/mol. The molecule has 0 atom stereocenters. The third-order valence-corrected chi connectivity index (χ3v) is 4.10. The van der Waals surface area contributed by atoms with Gasteiger partial charge < -0.3 is 11.5 Å². The van der Waals surface area contributed by atoms with E-state index in [0.717, 1.165) is 24.2 Å². The number of rotatable bonds is 4. The fourth-order valence-corrected chi connectivity index (χ4v) is 2.89. The molecule has 4 N–H and O–H groups in total. The second kappa shape index (κ2) is 9.36. The van der Waals surface area contributed by atoms with E-state index in [-0.39, 0.29) is 5.41 Å². The molecule has 0 aromatic heterocycles. The fourth-order valence-electron chi connectivity index (χ4n) is 2.89. The maximum Gasteiger partial charge on any atom is 0.0351 e. The first-order valence-electron chi connectivity index (χ1n) is 9.02. The van der Waals surface area contributed by atoms with Crippen LogP contribution < -0.4 is 11.5 Å². The molecule has 0 amide bonds. The normalized spacial score (nSPS) is 10.9. The number of nitrogen functional groups attached to an aromatic ring is 2. The fraction of sp³-hybridized carbons (Fsp3) is 0.455. The highest BCUT2D eigenvalue weighted by atomic mass is 14.6.